The molecular weight excluding hydrogens is 476 g/mol. The number of benzene rings is 2. The van der Waals surface area contributed by atoms with Gasteiger partial charge in [0.2, 0.25) is 0 Å². The number of amides is 1. The second-order valence-electron chi connectivity index (χ2n) is 10.4. The fourth-order valence-electron chi connectivity index (χ4n) is 5.32. The molecule has 2 aliphatic carbocycles. The summed E-state index contributed by atoms with van der Waals surface area (Å²) in [4.78, 5) is 35.2. The minimum Gasteiger partial charge on any atom is -0.361 e. The highest BCUT2D eigenvalue weighted by Crippen LogP contribution is 2.33. The van der Waals surface area contributed by atoms with Crippen molar-refractivity contribution in [3.63, 3.8) is 0 Å². The lowest BCUT2D eigenvalue weighted by Crippen LogP contribution is -2.25. The van der Waals surface area contributed by atoms with Crippen LogP contribution >= 0.6 is 0 Å². The van der Waals surface area contributed by atoms with Gasteiger partial charge in [0, 0.05) is 23.2 Å². The van der Waals surface area contributed by atoms with Crippen LogP contribution in [0, 0.1) is 0 Å². The van der Waals surface area contributed by atoms with Crippen molar-refractivity contribution in [2.24, 2.45) is 0 Å². The number of fused-ring (bicyclic) bond motifs is 2. The first-order valence-corrected chi connectivity index (χ1v) is 13.5. The maximum atomic E-state index is 12.5. The summed E-state index contributed by atoms with van der Waals surface area (Å²) in [6, 6.07) is 16.3. The van der Waals surface area contributed by atoms with Crippen molar-refractivity contribution in [1.82, 2.24) is 34.8 Å². The maximum Gasteiger partial charge on any atom is 0.251 e. The Bertz CT molecular complexity index is 1580. The Morgan fingerprint density at radius 1 is 0.947 bits per heavy atom. The summed E-state index contributed by atoms with van der Waals surface area (Å²) in [6.07, 6.45) is 10.1. The minimum absolute atomic E-state index is 0.0287. The number of nitrogens with zero attached hydrogens (tertiary/aromatic N) is 5. The van der Waals surface area contributed by atoms with Crippen LogP contribution in [-0.2, 0) is 6.54 Å². The zero-order valence-corrected chi connectivity index (χ0v) is 21.2. The lowest BCUT2D eigenvalue weighted by atomic mass is 9.95. The molecule has 0 radical (unpaired) electrons. The van der Waals surface area contributed by atoms with E-state index in [4.69, 9.17) is 19.9 Å². The molecule has 38 heavy (non-hydrogen) atoms. The molecule has 0 aliphatic heterocycles. The van der Waals surface area contributed by atoms with Crippen molar-refractivity contribution in [1.29, 1.82) is 0 Å². The van der Waals surface area contributed by atoms with Crippen molar-refractivity contribution in [3.05, 3.63) is 66.2 Å². The van der Waals surface area contributed by atoms with E-state index in [0.29, 0.717) is 35.8 Å². The fraction of sp³-hybridized carbons (Fsp3) is 0.345. The summed E-state index contributed by atoms with van der Waals surface area (Å²) in [6.45, 7) is 0.483. The predicted octanol–water partition coefficient (Wildman–Crippen LogP) is 5.38. The van der Waals surface area contributed by atoms with Crippen LogP contribution in [0.5, 0.6) is 0 Å². The van der Waals surface area contributed by atoms with Crippen LogP contribution in [0.4, 0.5) is 5.82 Å². The summed E-state index contributed by atoms with van der Waals surface area (Å²) in [5, 5.41) is 6.51. The highest BCUT2D eigenvalue weighted by molar-refractivity contribution is 5.95. The van der Waals surface area contributed by atoms with E-state index in [1.54, 1.807) is 0 Å². The molecule has 0 unspecified atom stereocenters. The van der Waals surface area contributed by atoms with Crippen LogP contribution in [0.15, 0.2) is 54.9 Å². The third kappa shape index (κ3) is 4.49. The summed E-state index contributed by atoms with van der Waals surface area (Å²) in [7, 11) is 0. The standard InChI is InChI=1S/C29H30N8O/c38-29(32-20-14-15-20)19-12-10-18(11-13-19)26-35-27(30-16-24-33-22-8-4-5-9-23(22)34-24)25-28(36-26)37(17-31-25)21-6-2-1-3-7-21/h4-5,8-13,17,20-21H,1-3,6-7,14-16H2,(H,32,38)(H,33,34)(H,30,35,36). The van der Waals surface area contributed by atoms with Gasteiger partial charge in [0.05, 0.1) is 23.9 Å². The summed E-state index contributed by atoms with van der Waals surface area (Å²) in [5.74, 6) is 2.09. The molecule has 1 amide bonds. The van der Waals surface area contributed by atoms with Crippen molar-refractivity contribution < 1.29 is 4.79 Å². The predicted molar refractivity (Wildman–Crippen MR) is 147 cm³/mol. The molecule has 192 valence electrons. The molecule has 9 heteroatoms. The number of carbonyl (C=O) groups is 1. The number of imidazole rings is 2. The number of carbonyl (C=O) groups excluding carboxylic acids is 1. The number of anilines is 1. The molecule has 2 aliphatic rings. The Hall–Kier alpha value is -4.27. The smallest absolute Gasteiger partial charge is 0.251 e. The zero-order chi connectivity index (χ0) is 25.5. The number of rotatable bonds is 7. The first-order chi connectivity index (χ1) is 18.7. The molecule has 0 bridgehead atoms. The monoisotopic (exact) mass is 506 g/mol. The Labute approximate surface area is 220 Å². The molecule has 0 saturated heterocycles. The molecule has 2 saturated carbocycles. The lowest BCUT2D eigenvalue weighted by Gasteiger charge is -2.23. The second-order valence-corrected chi connectivity index (χ2v) is 10.4. The van der Waals surface area contributed by atoms with Gasteiger partial charge in [-0.1, -0.05) is 43.5 Å². The maximum absolute atomic E-state index is 12.5. The zero-order valence-electron chi connectivity index (χ0n) is 21.2. The van der Waals surface area contributed by atoms with E-state index in [0.717, 1.165) is 59.3 Å². The van der Waals surface area contributed by atoms with Crippen molar-refractivity contribution in [2.75, 3.05) is 5.32 Å². The summed E-state index contributed by atoms with van der Waals surface area (Å²) < 4.78 is 2.23. The SMILES string of the molecule is O=C(NC1CC1)c1ccc(-c2nc(NCc3nc4ccccc4[nH]3)c3ncn(C4CCCCC4)c3n2)cc1. The molecule has 2 fully saturated rings. The van der Waals surface area contributed by atoms with Gasteiger partial charge in [-0.2, -0.15) is 0 Å². The van der Waals surface area contributed by atoms with Crippen molar-refractivity contribution in [3.8, 4) is 11.4 Å². The molecular formula is C29H30N8O. The number of aromatic amines is 1. The lowest BCUT2D eigenvalue weighted by molar-refractivity contribution is 0.0951. The van der Waals surface area contributed by atoms with E-state index >= 15 is 0 Å². The Morgan fingerprint density at radius 2 is 1.76 bits per heavy atom. The molecule has 2 aromatic carbocycles. The third-order valence-corrected chi connectivity index (χ3v) is 7.57. The molecule has 0 spiro atoms. The van der Waals surface area contributed by atoms with Gasteiger partial charge in [0.1, 0.15) is 11.3 Å². The van der Waals surface area contributed by atoms with E-state index in [-0.39, 0.29) is 5.91 Å². The molecule has 0 atom stereocenters. The van der Waals surface area contributed by atoms with Crippen LogP contribution in [0.25, 0.3) is 33.6 Å². The average molecular weight is 507 g/mol. The fourth-order valence-corrected chi connectivity index (χ4v) is 5.32. The molecule has 9 nitrogen and oxygen atoms in total. The Balaban J connectivity index is 1.23. The van der Waals surface area contributed by atoms with E-state index in [9.17, 15) is 4.79 Å². The number of H-pyrrole nitrogens is 1. The van der Waals surface area contributed by atoms with Crippen LogP contribution in [0.3, 0.4) is 0 Å². The molecule has 3 aromatic heterocycles. The number of hydrogen-bond donors (Lipinski definition) is 3. The van der Waals surface area contributed by atoms with Gasteiger partial charge in [-0.05, 0) is 49.9 Å². The largest absolute Gasteiger partial charge is 0.361 e. The van der Waals surface area contributed by atoms with E-state index in [2.05, 4.69) is 20.2 Å². The minimum atomic E-state index is -0.0287. The van der Waals surface area contributed by atoms with Crippen molar-refractivity contribution >= 4 is 33.9 Å². The van der Waals surface area contributed by atoms with Gasteiger partial charge in [-0.15, -0.1) is 0 Å². The van der Waals surface area contributed by atoms with Crippen LogP contribution in [-0.4, -0.2) is 41.4 Å². The quantitative estimate of drug-likeness (QED) is 0.273. The first kappa shape index (κ1) is 22.9. The average Bonchev–Trinajstić information content (AvgIpc) is 3.51. The van der Waals surface area contributed by atoms with Crippen LogP contribution in [0.1, 0.15) is 67.2 Å². The van der Waals surface area contributed by atoms with Crippen molar-refractivity contribution in [2.45, 2.75) is 63.6 Å². The van der Waals surface area contributed by atoms with Gasteiger partial charge in [0.25, 0.3) is 5.91 Å². The second kappa shape index (κ2) is 9.55. The molecule has 3 N–H and O–H groups in total. The first-order valence-electron chi connectivity index (χ1n) is 13.5. The Morgan fingerprint density at radius 3 is 2.55 bits per heavy atom. The van der Waals surface area contributed by atoms with Crippen LogP contribution in [0.2, 0.25) is 0 Å². The number of para-hydroxylation sites is 2. The summed E-state index contributed by atoms with van der Waals surface area (Å²) >= 11 is 0. The summed E-state index contributed by atoms with van der Waals surface area (Å²) in [5.41, 5.74) is 5.05. The number of nitrogens with one attached hydrogen (secondary N) is 3. The highest BCUT2D eigenvalue weighted by Gasteiger charge is 2.24. The molecule has 7 rings (SSSR count). The van der Waals surface area contributed by atoms with Gasteiger partial charge in [-0.3, -0.25) is 4.79 Å². The topological polar surface area (TPSA) is 113 Å². The van der Waals surface area contributed by atoms with E-state index in [1.165, 1.54) is 19.3 Å². The Kier molecular flexibility index (Phi) is 5.76. The normalized spacial score (nSPS) is 16.2. The number of aromatic nitrogens is 6. The van der Waals surface area contributed by atoms with Gasteiger partial charge in [-0.25, -0.2) is 19.9 Å². The van der Waals surface area contributed by atoms with Crippen LogP contribution < -0.4 is 10.6 Å². The highest BCUT2D eigenvalue weighted by atomic mass is 16.1. The van der Waals surface area contributed by atoms with Gasteiger partial charge >= 0.3 is 0 Å². The van der Waals surface area contributed by atoms with E-state index in [1.807, 2.05) is 54.9 Å². The van der Waals surface area contributed by atoms with Gasteiger partial charge in [0.15, 0.2) is 17.3 Å². The molecule has 3 heterocycles. The molecule has 5 aromatic rings. The van der Waals surface area contributed by atoms with E-state index < -0.39 is 0 Å². The number of hydrogen-bond acceptors (Lipinski definition) is 6. The third-order valence-electron chi connectivity index (χ3n) is 7.57. The van der Waals surface area contributed by atoms with Gasteiger partial charge < -0.3 is 20.2 Å².